The van der Waals surface area contributed by atoms with Crippen molar-refractivity contribution in [3.8, 4) is 0 Å². The maximum Gasteiger partial charge on any atom is 0.354 e. The fourth-order valence-corrected chi connectivity index (χ4v) is 1.09. The van der Waals surface area contributed by atoms with Gasteiger partial charge < -0.3 is 9.64 Å². The van der Waals surface area contributed by atoms with Gasteiger partial charge in [-0.05, 0) is 25.8 Å². The molecule has 0 unspecified atom stereocenters. The first-order valence-corrected chi connectivity index (χ1v) is 5.85. The molecule has 0 aliphatic rings. The number of allylic oxidation sites excluding steroid dienone is 4. The average Bonchev–Trinajstić information content (AvgIpc) is 2.26. The molecular formula is C14H23NO2. The topological polar surface area (TPSA) is 29.5 Å². The molecule has 0 aromatic carbocycles. The molecule has 96 valence electrons. The highest BCUT2D eigenvalue weighted by Gasteiger charge is 2.13. The summed E-state index contributed by atoms with van der Waals surface area (Å²) >= 11 is 0. The van der Waals surface area contributed by atoms with Crippen LogP contribution in [0.15, 0.2) is 36.2 Å². The van der Waals surface area contributed by atoms with E-state index < -0.39 is 0 Å². The van der Waals surface area contributed by atoms with E-state index >= 15 is 0 Å². The van der Waals surface area contributed by atoms with Crippen molar-refractivity contribution in [2.45, 2.75) is 27.7 Å². The SMILES string of the molecule is C=C(C(=O)OCC)N(C)/C(C)=C/C=C\C(C)C. The van der Waals surface area contributed by atoms with E-state index in [4.69, 9.17) is 4.74 Å². The van der Waals surface area contributed by atoms with Crippen molar-refractivity contribution in [1.82, 2.24) is 4.90 Å². The predicted molar refractivity (Wildman–Crippen MR) is 71.3 cm³/mol. The molecule has 0 saturated carbocycles. The number of likely N-dealkylation sites (N-methyl/N-ethyl adjacent to an activating group) is 1. The summed E-state index contributed by atoms with van der Waals surface area (Å²) in [7, 11) is 1.80. The Morgan fingerprint density at radius 1 is 1.47 bits per heavy atom. The summed E-state index contributed by atoms with van der Waals surface area (Å²) in [6, 6.07) is 0. The molecule has 0 radical (unpaired) electrons. The normalized spacial score (nSPS) is 12.0. The Morgan fingerprint density at radius 3 is 2.53 bits per heavy atom. The van der Waals surface area contributed by atoms with Crippen molar-refractivity contribution in [2.75, 3.05) is 13.7 Å². The predicted octanol–water partition coefficient (Wildman–Crippen LogP) is 3.11. The van der Waals surface area contributed by atoms with Gasteiger partial charge in [-0.3, -0.25) is 0 Å². The number of carbonyl (C=O) groups is 1. The smallest absolute Gasteiger partial charge is 0.354 e. The quantitative estimate of drug-likeness (QED) is 0.404. The fourth-order valence-electron chi connectivity index (χ4n) is 1.09. The molecule has 0 bridgehead atoms. The number of nitrogens with zero attached hydrogens (tertiary/aromatic N) is 1. The molecule has 17 heavy (non-hydrogen) atoms. The van der Waals surface area contributed by atoms with E-state index in [1.807, 2.05) is 19.1 Å². The standard InChI is InChI=1S/C14H23NO2/c1-7-17-14(16)13(5)15(6)12(4)10-8-9-11(2)3/h8-11H,5,7H2,1-4,6H3/b9-8-,12-10+. The van der Waals surface area contributed by atoms with Crippen LogP contribution in [0.1, 0.15) is 27.7 Å². The minimum absolute atomic E-state index is 0.346. The van der Waals surface area contributed by atoms with E-state index in [9.17, 15) is 4.79 Å². The third kappa shape index (κ3) is 5.95. The first-order valence-electron chi connectivity index (χ1n) is 5.85. The Kier molecular flexibility index (Phi) is 7.03. The summed E-state index contributed by atoms with van der Waals surface area (Å²) in [5.74, 6) is 0.133. The summed E-state index contributed by atoms with van der Waals surface area (Å²) in [4.78, 5) is 13.2. The van der Waals surface area contributed by atoms with Crippen LogP contribution in [0.2, 0.25) is 0 Å². The van der Waals surface area contributed by atoms with Gasteiger partial charge in [0, 0.05) is 12.7 Å². The lowest BCUT2D eigenvalue weighted by atomic mass is 10.2. The van der Waals surface area contributed by atoms with Crippen LogP contribution in [-0.2, 0) is 9.53 Å². The van der Waals surface area contributed by atoms with Gasteiger partial charge >= 0.3 is 5.97 Å². The van der Waals surface area contributed by atoms with Gasteiger partial charge in [-0.15, -0.1) is 0 Å². The molecule has 0 rings (SSSR count). The molecule has 0 spiro atoms. The number of carbonyl (C=O) groups excluding carboxylic acids is 1. The third-order valence-electron chi connectivity index (χ3n) is 2.28. The van der Waals surface area contributed by atoms with Gasteiger partial charge in [-0.1, -0.05) is 32.6 Å². The van der Waals surface area contributed by atoms with Gasteiger partial charge in [0.2, 0.25) is 0 Å². The van der Waals surface area contributed by atoms with Crippen molar-refractivity contribution in [3.05, 3.63) is 36.2 Å². The largest absolute Gasteiger partial charge is 0.461 e. The monoisotopic (exact) mass is 237 g/mol. The lowest BCUT2D eigenvalue weighted by Crippen LogP contribution is -2.22. The molecule has 0 saturated heterocycles. The molecule has 0 aliphatic heterocycles. The van der Waals surface area contributed by atoms with Crippen LogP contribution >= 0.6 is 0 Å². The van der Waals surface area contributed by atoms with Crippen molar-refractivity contribution in [2.24, 2.45) is 5.92 Å². The Morgan fingerprint density at radius 2 is 2.06 bits per heavy atom. The Labute approximate surface area is 104 Å². The first-order chi connectivity index (χ1) is 7.90. The van der Waals surface area contributed by atoms with Gasteiger partial charge in [0.15, 0.2) is 0 Å². The molecule has 0 N–H and O–H groups in total. The maximum absolute atomic E-state index is 11.5. The molecule has 0 fully saturated rings. The Balaban J connectivity index is 4.53. The molecular weight excluding hydrogens is 214 g/mol. The number of hydrogen-bond acceptors (Lipinski definition) is 3. The van der Waals surface area contributed by atoms with Crippen molar-refractivity contribution < 1.29 is 9.53 Å². The average molecular weight is 237 g/mol. The van der Waals surface area contributed by atoms with E-state index in [0.29, 0.717) is 18.2 Å². The lowest BCUT2D eigenvalue weighted by molar-refractivity contribution is -0.139. The lowest BCUT2D eigenvalue weighted by Gasteiger charge is -2.20. The molecule has 0 amide bonds. The number of esters is 1. The molecule has 0 atom stereocenters. The summed E-state index contributed by atoms with van der Waals surface area (Å²) < 4.78 is 4.89. The summed E-state index contributed by atoms with van der Waals surface area (Å²) in [6.07, 6.45) is 6.02. The van der Waals surface area contributed by atoms with Gasteiger partial charge in [0.05, 0.1) is 6.61 Å². The van der Waals surface area contributed by atoms with Crippen molar-refractivity contribution in [1.29, 1.82) is 0 Å². The molecule has 0 heterocycles. The molecule has 0 aromatic heterocycles. The second-order valence-electron chi connectivity index (χ2n) is 4.16. The number of hydrogen-bond donors (Lipinski definition) is 0. The maximum atomic E-state index is 11.5. The van der Waals surface area contributed by atoms with Gasteiger partial charge in [-0.2, -0.15) is 0 Å². The third-order valence-corrected chi connectivity index (χ3v) is 2.28. The number of rotatable bonds is 6. The highest BCUT2D eigenvalue weighted by atomic mass is 16.5. The van der Waals surface area contributed by atoms with E-state index in [0.717, 1.165) is 5.70 Å². The van der Waals surface area contributed by atoms with Crippen LogP contribution in [0.4, 0.5) is 0 Å². The van der Waals surface area contributed by atoms with E-state index in [1.54, 1.807) is 18.9 Å². The van der Waals surface area contributed by atoms with Crippen LogP contribution in [0, 0.1) is 5.92 Å². The van der Waals surface area contributed by atoms with Gasteiger partial charge in [-0.25, -0.2) is 4.79 Å². The molecule has 3 nitrogen and oxygen atoms in total. The van der Waals surface area contributed by atoms with Gasteiger partial charge in [0.1, 0.15) is 5.70 Å². The zero-order valence-corrected chi connectivity index (χ0v) is 11.5. The minimum atomic E-state index is -0.379. The fraction of sp³-hybridized carbons (Fsp3) is 0.500. The zero-order chi connectivity index (χ0) is 13.4. The van der Waals surface area contributed by atoms with Crippen LogP contribution in [0.3, 0.4) is 0 Å². The van der Waals surface area contributed by atoms with E-state index in [1.165, 1.54) is 0 Å². The first kappa shape index (κ1) is 15.5. The molecule has 3 heteroatoms. The van der Waals surface area contributed by atoms with E-state index in [2.05, 4.69) is 26.5 Å². The summed E-state index contributed by atoms with van der Waals surface area (Å²) in [5, 5.41) is 0. The van der Waals surface area contributed by atoms with Crippen LogP contribution < -0.4 is 0 Å². The summed E-state index contributed by atoms with van der Waals surface area (Å²) in [5.41, 5.74) is 1.29. The number of ether oxygens (including phenoxy) is 1. The van der Waals surface area contributed by atoms with E-state index in [-0.39, 0.29) is 5.97 Å². The summed E-state index contributed by atoms with van der Waals surface area (Å²) in [6.45, 7) is 12.0. The Bertz CT molecular complexity index is 327. The van der Waals surface area contributed by atoms with Crippen LogP contribution in [0.25, 0.3) is 0 Å². The highest BCUT2D eigenvalue weighted by molar-refractivity contribution is 5.87. The Hall–Kier alpha value is -1.51. The van der Waals surface area contributed by atoms with Crippen molar-refractivity contribution >= 4 is 5.97 Å². The second-order valence-corrected chi connectivity index (χ2v) is 4.16. The second kappa shape index (κ2) is 7.71. The molecule has 0 aromatic rings. The van der Waals surface area contributed by atoms with Crippen molar-refractivity contribution in [3.63, 3.8) is 0 Å². The van der Waals surface area contributed by atoms with Gasteiger partial charge in [0.25, 0.3) is 0 Å². The highest BCUT2D eigenvalue weighted by Crippen LogP contribution is 2.10. The zero-order valence-electron chi connectivity index (χ0n) is 11.5. The minimum Gasteiger partial charge on any atom is -0.461 e. The molecule has 0 aliphatic carbocycles. The van der Waals surface area contributed by atoms with Crippen LogP contribution in [-0.4, -0.2) is 24.5 Å². The van der Waals surface area contributed by atoms with Crippen LogP contribution in [0.5, 0.6) is 0 Å².